The smallest absolute Gasteiger partial charge is 0.419 e. The van der Waals surface area contributed by atoms with Gasteiger partial charge in [-0.2, -0.15) is 13.2 Å². The fourth-order valence-electron chi connectivity index (χ4n) is 3.58. The summed E-state index contributed by atoms with van der Waals surface area (Å²) in [6.07, 6.45) is -2.36. The Bertz CT molecular complexity index is 975. The topological polar surface area (TPSA) is 79.4 Å². The first-order valence-corrected chi connectivity index (χ1v) is 10.2. The van der Waals surface area contributed by atoms with Crippen molar-refractivity contribution in [3.8, 4) is 5.75 Å². The summed E-state index contributed by atoms with van der Waals surface area (Å²) in [5.74, 6) is -1.39. The van der Waals surface area contributed by atoms with Crippen molar-refractivity contribution in [2.75, 3.05) is 32.1 Å². The monoisotopic (exact) mass is 455 g/mol. The number of aromatic nitrogens is 2. The number of piperidine rings is 1. The van der Waals surface area contributed by atoms with Crippen molar-refractivity contribution in [1.29, 1.82) is 0 Å². The van der Waals surface area contributed by atoms with Crippen molar-refractivity contribution in [2.24, 2.45) is 0 Å². The molecule has 32 heavy (non-hydrogen) atoms. The maximum atomic E-state index is 14.7. The zero-order valence-electron chi connectivity index (χ0n) is 18.0. The number of carbonyl (C=O) groups is 1. The molecule has 11 heteroatoms. The molecule has 7 nitrogen and oxygen atoms in total. The SMILES string of the molecule is CCN1CCC(NC(=O)c2cc(OC)c(Nc3ncc(C(F)(F)F)c(C)n3)cc2F)CC1. The van der Waals surface area contributed by atoms with Gasteiger partial charge in [0.2, 0.25) is 5.95 Å². The molecule has 0 unspecified atom stereocenters. The van der Waals surface area contributed by atoms with Crippen molar-refractivity contribution in [2.45, 2.75) is 38.9 Å². The van der Waals surface area contributed by atoms with E-state index in [1.807, 2.05) is 0 Å². The van der Waals surface area contributed by atoms with Gasteiger partial charge < -0.3 is 20.3 Å². The van der Waals surface area contributed by atoms with E-state index in [0.717, 1.165) is 38.5 Å². The van der Waals surface area contributed by atoms with Gasteiger partial charge in [-0.15, -0.1) is 0 Å². The van der Waals surface area contributed by atoms with Crippen molar-refractivity contribution >= 4 is 17.5 Å². The number of ether oxygens (including phenoxy) is 1. The Hall–Kier alpha value is -2.95. The minimum atomic E-state index is -4.57. The molecular formula is C21H25F4N5O2. The third-order valence-electron chi connectivity index (χ3n) is 5.44. The van der Waals surface area contributed by atoms with Crippen LogP contribution in [0.2, 0.25) is 0 Å². The first-order chi connectivity index (χ1) is 15.1. The highest BCUT2D eigenvalue weighted by molar-refractivity contribution is 5.96. The molecule has 0 bridgehead atoms. The molecule has 0 atom stereocenters. The fourth-order valence-corrected chi connectivity index (χ4v) is 3.58. The molecule has 1 aromatic heterocycles. The molecule has 2 N–H and O–H groups in total. The Morgan fingerprint density at radius 3 is 2.53 bits per heavy atom. The average Bonchev–Trinajstić information content (AvgIpc) is 2.73. The molecule has 0 aliphatic carbocycles. The Kier molecular flexibility index (Phi) is 7.17. The first-order valence-electron chi connectivity index (χ1n) is 10.2. The van der Waals surface area contributed by atoms with E-state index in [4.69, 9.17) is 4.74 Å². The van der Waals surface area contributed by atoms with Crippen LogP contribution in [0.25, 0.3) is 0 Å². The number of aryl methyl sites for hydroxylation is 1. The minimum Gasteiger partial charge on any atom is -0.495 e. The number of nitrogens with one attached hydrogen (secondary N) is 2. The second-order valence-corrected chi connectivity index (χ2v) is 7.53. The molecule has 1 aromatic carbocycles. The van der Waals surface area contributed by atoms with Crippen molar-refractivity contribution in [3.63, 3.8) is 0 Å². The van der Waals surface area contributed by atoms with E-state index in [0.29, 0.717) is 6.20 Å². The van der Waals surface area contributed by atoms with E-state index < -0.39 is 23.5 Å². The highest BCUT2D eigenvalue weighted by Crippen LogP contribution is 2.33. The maximum absolute atomic E-state index is 14.7. The third kappa shape index (κ3) is 5.45. The molecule has 3 rings (SSSR count). The van der Waals surface area contributed by atoms with Gasteiger partial charge in [0.15, 0.2) is 0 Å². The van der Waals surface area contributed by atoms with E-state index in [2.05, 4.69) is 32.4 Å². The molecule has 174 valence electrons. The number of hydrogen-bond donors (Lipinski definition) is 2. The molecular weight excluding hydrogens is 430 g/mol. The molecule has 0 spiro atoms. The van der Waals surface area contributed by atoms with Gasteiger partial charge in [0.25, 0.3) is 5.91 Å². The summed E-state index contributed by atoms with van der Waals surface area (Å²) in [4.78, 5) is 22.3. The van der Waals surface area contributed by atoms with Crippen LogP contribution in [0.5, 0.6) is 5.75 Å². The van der Waals surface area contributed by atoms with Gasteiger partial charge in [-0.3, -0.25) is 4.79 Å². The summed E-state index contributed by atoms with van der Waals surface area (Å²) in [6, 6.07) is 2.23. The second kappa shape index (κ2) is 9.68. The van der Waals surface area contributed by atoms with Gasteiger partial charge >= 0.3 is 6.18 Å². The number of anilines is 2. The lowest BCUT2D eigenvalue weighted by Gasteiger charge is -2.31. The van der Waals surface area contributed by atoms with E-state index in [-0.39, 0.29) is 34.7 Å². The molecule has 0 saturated carbocycles. The predicted molar refractivity (Wildman–Crippen MR) is 111 cm³/mol. The van der Waals surface area contributed by atoms with E-state index >= 15 is 0 Å². The normalized spacial score (nSPS) is 15.5. The van der Waals surface area contributed by atoms with Crippen LogP contribution in [-0.2, 0) is 6.18 Å². The van der Waals surface area contributed by atoms with Crippen LogP contribution < -0.4 is 15.4 Å². The van der Waals surface area contributed by atoms with E-state index in [1.165, 1.54) is 20.1 Å². The number of rotatable bonds is 6. The Labute approximate surface area is 183 Å². The van der Waals surface area contributed by atoms with Crippen LogP contribution in [0, 0.1) is 12.7 Å². The zero-order valence-corrected chi connectivity index (χ0v) is 18.0. The summed E-state index contributed by atoms with van der Waals surface area (Å²) >= 11 is 0. The zero-order chi connectivity index (χ0) is 23.5. The largest absolute Gasteiger partial charge is 0.495 e. The van der Waals surface area contributed by atoms with Crippen LogP contribution in [0.3, 0.4) is 0 Å². The predicted octanol–water partition coefficient (Wildman–Crippen LogP) is 3.91. The Balaban J connectivity index is 1.76. The molecule has 1 amide bonds. The highest BCUT2D eigenvalue weighted by atomic mass is 19.4. The average molecular weight is 455 g/mol. The van der Waals surface area contributed by atoms with Crippen LogP contribution in [0.4, 0.5) is 29.2 Å². The van der Waals surface area contributed by atoms with Crippen LogP contribution in [0.1, 0.15) is 41.4 Å². The Morgan fingerprint density at radius 1 is 1.28 bits per heavy atom. The third-order valence-corrected chi connectivity index (χ3v) is 5.44. The van der Waals surface area contributed by atoms with E-state index in [9.17, 15) is 22.4 Å². The summed E-state index contributed by atoms with van der Waals surface area (Å²) < 4.78 is 58.7. The minimum absolute atomic E-state index is 0.0444. The number of carbonyl (C=O) groups excluding carboxylic acids is 1. The van der Waals surface area contributed by atoms with Gasteiger partial charge in [0.1, 0.15) is 11.6 Å². The van der Waals surface area contributed by atoms with Crippen molar-refractivity contribution in [1.82, 2.24) is 20.2 Å². The lowest BCUT2D eigenvalue weighted by molar-refractivity contribution is -0.138. The number of halogens is 4. The van der Waals surface area contributed by atoms with Crippen molar-refractivity contribution < 1.29 is 27.1 Å². The van der Waals surface area contributed by atoms with Crippen molar-refractivity contribution in [3.05, 3.63) is 41.0 Å². The van der Waals surface area contributed by atoms with Gasteiger partial charge in [-0.1, -0.05) is 6.92 Å². The number of benzene rings is 1. The van der Waals surface area contributed by atoms with Gasteiger partial charge in [0.05, 0.1) is 29.6 Å². The summed E-state index contributed by atoms with van der Waals surface area (Å²) in [7, 11) is 1.33. The van der Waals surface area contributed by atoms with Gasteiger partial charge in [-0.25, -0.2) is 14.4 Å². The molecule has 2 heterocycles. The van der Waals surface area contributed by atoms with Gasteiger partial charge in [-0.05, 0) is 32.4 Å². The number of alkyl halides is 3. The van der Waals surface area contributed by atoms with Crippen LogP contribution in [-0.4, -0.2) is 53.6 Å². The standard InChI is InChI=1S/C21H25F4N5O2/c1-4-30-7-5-13(6-8-30)28-19(31)14-9-18(32-3)17(10-16(14)22)29-20-26-11-15(12(2)27-20)21(23,24)25/h9-11,13H,4-8H2,1-3H3,(H,28,31)(H,26,27,29). The first kappa shape index (κ1) is 23.7. The number of likely N-dealkylation sites (tertiary alicyclic amines) is 1. The number of amides is 1. The number of hydrogen-bond acceptors (Lipinski definition) is 6. The van der Waals surface area contributed by atoms with E-state index in [1.54, 1.807) is 0 Å². The molecule has 1 saturated heterocycles. The van der Waals surface area contributed by atoms with Gasteiger partial charge in [0, 0.05) is 31.4 Å². The second-order valence-electron chi connectivity index (χ2n) is 7.53. The number of nitrogens with zero attached hydrogens (tertiary/aromatic N) is 3. The highest BCUT2D eigenvalue weighted by Gasteiger charge is 2.33. The summed E-state index contributed by atoms with van der Waals surface area (Å²) in [5.41, 5.74) is -1.34. The molecule has 1 fully saturated rings. The molecule has 0 radical (unpaired) electrons. The lowest BCUT2D eigenvalue weighted by atomic mass is 10.0. The fraction of sp³-hybridized carbons (Fsp3) is 0.476. The maximum Gasteiger partial charge on any atom is 0.419 e. The summed E-state index contributed by atoms with van der Waals surface area (Å²) in [5, 5.41) is 5.51. The molecule has 1 aliphatic rings. The quantitative estimate of drug-likeness (QED) is 0.643. The Morgan fingerprint density at radius 2 is 1.97 bits per heavy atom. The van der Waals surface area contributed by atoms with Crippen LogP contribution in [0.15, 0.2) is 18.3 Å². The molecule has 1 aliphatic heterocycles. The number of methoxy groups -OCH3 is 1. The van der Waals surface area contributed by atoms with Crippen LogP contribution >= 0.6 is 0 Å². The molecule has 2 aromatic rings. The summed E-state index contributed by atoms with van der Waals surface area (Å²) in [6.45, 7) is 5.95. The lowest BCUT2D eigenvalue weighted by Crippen LogP contribution is -2.44.